The van der Waals surface area contributed by atoms with Crippen LogP contribution in [0.25, 0.3) is 0 Å². The van der Waals surface area contributed by atoms with Crippen molar-refractivity contribution in [1.29, 1.82) is 0 Å². The molecule has 0 aliphatic carbocycles. The maximum atomic E-state index is 12.0. The highest BCUT2D eigenvalue weighted by molar-refractivity contribution is 7.09. The third-order valence-electron chi connectivity index (χ3n) is 3.32. The second kappa shape index (κ2) is 7.22. The van der Waals surface area contributed by atoms with Crippen LogP contribution >= 0.6 is 22.9 Å². The first-order chi connectivity index (χ1) is 10.4. The van der Waals surface area contributed by atoms with Crippen molar-refractivity contribution in [3.8, 4) is 0 Å². The Hall–Kier alpha value is -1.43. The van der Waals surface area contributed by atoms with Gasteiger partial charge in [0.2, 0.25) is 5.91 Å². The number of amides is 1. The molecule has 2 rings (SSSR count). The van der Waals surface area contributed by atoms with Gasteiger partial charge in [0, 0.05) is 10.4 Å². The first-order valence-electron chi connectivity index (χ1n) is 7.09. The maximum absolute atomic E-state index is 12.0. The number of aliphatic hydroxyl groups is 1. The smallest absolute Gasteiger partial charge is 0.226 e. The molecule has 22 heavy (non-hydrogen) atoms. The summed E-state index contributed by atoms with van der Waals surface area (Å²) in [6, 6.07) is 7.00. The molecule has 0 radical (unpaired) electrons. The second-order valence-electron chi connectivity index (χ2n) is 5.32. The first-order valence-corrected chi connectivity index (χ1v) is 8.35. The first kappa shape index (κ1) is 16.9. The number of rotatable bonds is 6. The van der Waals surface area contributed by atoms with Crippen molar-refractivity contribution < 1.29 is 9.90 Å². The fourth-order valence-corrected chi connectivity index (χ4v) is 2.95. The lowest BCUT2D eigenvalue weighted by Gasteiger charge is -2.24. The van der Waals surface area contributed by atoms with Crippen molar-refractivity contribution >= 4 is 28.8 Å². The van der Waals surface area contributed by atoms with Gasteiger partial charge in [-0.05, 0) is 31.0 Å². The fraction of sp³-hybridized carbons (Fsp3) is 0.375. The molecular formula is C16H19ClN2O2S. The Morgan fingerprint density at radius 2 is 2.27 bits per heavy atom. The maximum Gasteiger partial charge on any atom is 0.226 e. The molecule has 1 amide bonds. The van der Waals surface area contributed by atoms with Crippen LogP contribution in [-0.4, -0.2) is 22.5 Å². The number of nitrogens with zero attached hydrogens (tertiary/aromatic N) is 1. The van der Waals surface area contributed by atoms with Gasteiger partial charge in [0.05, 0.1) is 23.7 Å². The van der Waals surface area contributed by atoms with Gasteiger partial charge in [-0.2, -0.15) is 0 Å². The lowest BCUT2D eigenvalue weighted by molar-refractivity contribution is -0.121. The molecule has 0 unspecified atom stereocenters. The third kappa shape index (κ3) is 4.53. The van der Waals surface area contributed by atoms with E-state index in [1.807, 2.05) is 12.3 Å². The summed E-state index contributed by atoms with van der Waals surface area (Å²) >= 11 is 7.49. The van der Waals surface area contributed by atoms with E-state index in [0.717, 1.165) is 17.1 Å². The Morgan fingerprint density at radius 3 is 2.91 bits per heavy atom. The summed E-state index contributed by atoms with van der Waals surface area (Å²) in [5, 5.41) is 16.7. The van der Waals surface area contributed by atoms with Crippen molar-refractivity contribution in [3.05, 3.63) is 50.9 Å². The molecule has 6 heteroatoms. The molecule has 1 heterocycles. The number of aromatic nitrogens is 1. The summed E-state index contributed by atoms with van der Waals surface area (Å²) in [5.41, 5.74) is 0.265. The lowest BCUT2D eigenvalue weighted by atomic mass is 9.96. The van der Waals surface area contributed by atoms with E-state index in [1.54, 1.807) is 42.5 Å². The van der Waals surface area contributed by atoms with E-state index < -0.39 is 5.60 Å². The number of nitrogens with one attached hydrogen (secondary N) is 1. The van der Waals surface area contributed by atoms with E-state index in [1.165, 1.54) is 0 Å². The van der Waals surface area contributed by atoms with Gasteiger partial charge < -0.3 is 10.4 Å². The van der Waals surface area contributed by atoms with Gasteiger partial charge in [0.1, 0.15) is 5.60 Å². The molecule has 1 aromatic carbocycles. The van der Waals surface area contributed by atoms with Gasteiger partial charge in [-0.3, -0.25) is 4.79 Å². The van der Waals surface area contributed by atoms with Crippen molar-refractivity contribution in [3.63, 3.8) is 0 Å². The Bertz CT molecular complexity index is 655. The van der Waals surface area contributed by atoms with Crippen molar-refractivity contribution in [1.82, 2.24) is 10.3 Å². The minimum Gasteiger partial charge on any atom is -0.384 e. The SMILES string of the molecule is CCc1nc(CC(=O)NC[C@](C)(O)c2cccc(Cl)c2)cs1. The Morgan fingerprint density at radius 1 is 1.50 bits per heavy atom. The number of hydrogen-bond acceptors (Lipinski definition) is 4. The summed E-state index contributed by atoms with van der Waals surface area (Å²) in [6.07, 6.45) is 1.10. The molecule has 0 aliphatic heterocycles. The average Bonchev–Trinajstić information content (AvgIpc) is 2.93. The molecule has 1 atom stereocenters. The van der Waals surface area contributed by atoms with E-state index >= 15 is 0 Å². The Labute approximate surface area is 139 Å². The van der Waals surface area contributed by atoms with Crippen LogP contribution in [0.5, 0.6) is 0 Å². The summed E-state index contributed by atoms with van der Waals surface area (Å²) in [7, 11) is 0. The Kier molecular flexibility index (Phi) is 5.56. The molecule has 0 spiro atoms. The zero-order chi connectivity index (χ0) is 16.2. The van der Waals surface area contributed by atoms with Crippen molar-refractivity contribution in [2.45, 2.75) is 32.3 Å². The molecular weight excluding hydrogens is 320 g/mol. The number of thiazole rings is 1. The highest BCUT2D eigenvalue weighted by Crippen LogP contribution is 2.22. The third-order valence-corrected chi connectivity index (χ3v) is 4.60. The number of carbonyl (C=O) groups is 1. The zero-order valence-corrected chi connectivity index (χ0v) is 14.2. The molecule has 0 saturated carbocycles. The van der Waals surface area contributed by atoms with Crippen molar-refractivity contribution in [2.75, 3.05) is 6.54 Å². The van der Waals surface area contributed by atoms with Crippen LogP contribution in [0.1, 0.15) is 30.1 Å². The average molecular weight is 339 g/mol. The van der Waals surface area contributed by atoms with Crippen LogP contribution in [0.2, 0.25) is 5.02 Å². The number of aryl methyl sites for hydroxylation is 1. The quantitative estimate of drug-likeness (QED) is 0.851. The predicted molar refractivity (Wildman–Crippen MR) is 89.2 cm³/mol. The van der Waals surface area contributed by atoms with E-state index in [9.17, 15) is 9.90 Å². The molecule has 2 aromatic rings. The number of benzene rings is 1. The van der Waals surface area contributed by atoms with E-state index in [4.69, 9.17) is 11.6 Å². The monoisotopic (exact) mass is 338 g/mol. The topological polar surface area (TPSA) is 62.2 Å². The van der Waals surface area contributed by atoms with Crippen LogP contribution in [0.15, 0.2) is 29.6 Å². The number of halogens is 1. The summed E-state index contributed by atoms with van der Waals surface area (Å²) in [4.78, 5) is 16.3. The fourth-order valence-electron chi connectivity index (χ4n) is 2.02. The number of carbonyl (C=O) groups excluding carboxylic acids is 1. The second-order valence-corrected chi connectivity index (χ2v) is 6.70. The van der Waals surface area contributed by atoms with Crippen molar-refractivity contribution in [2.24, 2.45) is 0 Å². The minimum absolute atomic E-state index is 0.122. The van der Waals surface area contributed by atoms with E-state index in [2.05, 4.69) is 10.3 Å². The summed E-state index contributed by atoms with van der Waals surface area (Å²) in [5.74, 6) is -0.157. The Balaban J connectivity index is 1.92. The molecule has 0 fully saturated rings. The van der Waals surface area contributed by atoms with Gasteiger partial charge in [0.15, 0.2) is 0 Å². The molecule has 118 valence electrons. The minimum atomic E-state index is -1.17. The van der Waals surface area contributed by atoms with Crippen LogP contribution < -0.4 is 5.32 Å². The van der Waals surface area contributed by atoms with E-state index in [0.29, 0.717) is 10.6 Å². The van der Waals surface area contributed by atoms with Crippen LogP contribution in [0.4, 0.5) is 0 Å². The highest BCUT2D eigenvalue weighted by atomic mass is 35.5. The zero-order valence-electron chi connectivity index (χ0n) is 12.6. The number of hydrogen-bond donors (Lipinski definition) is 2. The molecule has 0 saturated heterocycles. The summed E-state index contributed by atoms with van der Waals surface area (Å²) in [6.45, 7) is 3.80. The molecule has 1 aromatic heterocycles. The van der Waals surface area contributed by atoms with Gasteiger partial charge in [0.25, 0.3) is 0 Å². The van der Waals surface area contributed by atoms with Crippen LogP contribution in [0.3, 0.4) is 0 Å². The molecule has 4 nitrogen and oxygen atoms in total. The van der Waals surface area contributed by atoms with E-state index in [-0.39, 0.29) is 18.9 Å². The van der Waals surface area contributed by atoms with Crippen LogP contribution in [-0.2, 0) is 23.2 Å². The largest absolute Gasteiger partial charge is 0.384 e. The van der Waals surface area contributed by atoms with Gasteiger partial charge in [-0.25, -0.2) is 4.98 Å². The van der Waals surface area contributed by atoms with Gasteiger partial charge >= 0.3 is 0 Å². The van der Waals surface area contributed by atoms with Crippen LogP contribution in [0, 0.1) is 0 Å². The van der Waals surface area contributed by atoms with Gasteiger partial charge in [-0.1, -0.05) is 30.7 Å². The predicted octanol–water partition coefficient (Wildman–Crippen LogP) is 2.93. The summed E-state index contributed by atoms with van der Waals surface area (Å²) < 4.78 is 0. The van der Waals surface area contributed by atoms with Gasteiger partial charge in [-0.15, -0.1) is 11.3 Å². The molecule has 2 N–H and O–H groups in total. The standard InChI is InChI=1S/C16H19ClN2O2S/c1-3-15-19-13(9-22-15)8-14(20)18-10-16(2,21)11-5-4-6-12(17)7-11/h4-7,9,21H,3,8,10H2,1-2H3,(H,18,20)/t16-/m0/s1. The normalized spacial score (nSPS) is 13.6. The molecule has 0 aliphatic rings. The highest BCUT2D eigenvalue weighted by Gasteiger charge is 2.24. The molecule has 0 bridgehead atoms. The lowest BCUT2D eigenvalue weighted by Crippen LogP contribution is -2.39.